The minimum absolute atomic E-state index is 0.831. The Morgan fingerprint density at radius 1 is 1.36 bits per heavy atom. The zero-order valence-electron chi connectivity index (χ0n) is 7.68. The molecule has 1 heterocycles. The topological polar surface area (TPSA) is 40.9 Å². The van der Waals surface area contributed by atoms with E-state index in [2.05, 4.69) is 11.2 Å². The summed E-state index contributed by atoms with van der Waals surface area (Å²) in [6, 6.07) is 7.52. The van der Waals surface area contributed by atoms with Gasteiger partial charge in [0.25, 0.3) is 0 Å². The largest absolute Gasteiger partial charge is 0.612 e. The van der Waals surface area contributed by atoms with Crippen LogP contribution in [0.2, 0.25) is 0 Å². The van der Waals surface area contributed by atoms with Gasteiger partial charge >= 0.3 is 0 Å². The molecule has 1 atom stereocenters. The smallest absolute Gasteiger partial charge is 0.152 e. The first-order chi connectivity index (χ1) is 6.77. The van der Waals surface area contributed by atoms with Gasteiger partial charge < -0.3 is 9.12 Å². The van der Waals surface area contributed by atoms with E-state index in [4.69, 9.17) is 0 Å². The summed E-state index contributed by atoms with van der Waals surface area (Å²) >= 11 is -0.917. The summed E-state index contributed by atoms with van der Waals surface area (Å²) in [5.74, 6) is 0. The summed E-state index contributed by atoms with van der Waals surface area (Å²) in [5, 5.41) is 0. The maximum atomic E-state index is 11.1. The second-order valence-electron chi connectivity index (χ2n) is 2.86. The van der Waals surface area contributed by atoms with Crippen LogP contribution in [0.1, 0.15) is 0 Å². The molecule has 4 heteroatoms. The Bertz CT molecular complexity index is 395. The van der Waals surface area contributed by atoms with E-state index in [0.29, 0.717) is 0 Å². The van der Waals surface area contributed by atoms with E-state index in [1.54, 1.807) is 18.8 Å². The van der Waals surface area contributed by atoms with Crippen molar-refractivity contribution in [2.75, 3.05) is 6.26 Å². The molecule has 0 aliphatic carbocycles. The molecule has 0 aliphatic rings. The van der Waals surface area contributed by atoms with Gasteiger partial charge in [0.1, 0.15) is 12.5 Å². The van der Waals surface area contributed by atoms with Gasteiger partial charge in [0.2, 0.25) is 0 Å². The van der Waals surface area contributed by atoms with Crippen LogP contribution in [0.25, 0.3) is 5.69 Å². The highest BCUT2D eigenvalue weighted by atomic mass is 32.2. The second-order valence-corrected chi connectivity index (χ2v) is 4.24. The zero-order valence-corrected chi connectivity index (χ0v) is 8.49. The molecule has 0 aliphatic heterocycles. The van der Waals surface area contributed by atoms with Crippen molar-refractivity contribution in [3.63, 3.8) is 0 Å². The molecule has 1 radical (unpaired) electrons. The van der Waals surface area contributed by atoms with E-state index in [9.17, 15) is 4.55 Å². The van der Waals surface area contributed by atoms with E-state index < -0.39 is 11.2 Å². The summed E-state index contributed by atoms with van der Waals surface area (Å²) < 4.78 is 13.0. The van der Waals surface area contributed by atoms with Gasteiger partial charge in [-0.2, -0.15) is 0 Å². The van der Waals surface area contributed by atoms with Crippen LogP contribution in [-0.2, 0) is 11.2 Å². The summed E-state index contributed by atoms with van der Waals surface area (Å²) in [4.78, 5) is 4.67. The minimum Gasteiger partial charge on any atom is -0.612 e. The molecule has 2 rings (SSSR count). The normalized spacial score (nSPS) is 12.7. The molecule has 0 saturated carbocycles. The second kappa shape index (κ2) is 3.86. The van der Waals surface area contributed by atoms with Crippen LogP contribution >= 0.6 is 0 Å². The molecule has 1 unspecified atom stereocenters. The van der Waals surface area contributed by atoms with Gasteiger partial charge in [-0.1, -0.05) is 0 Å². The molecule has 0 saturated heterocycles. The van der Waals surface area contributed by atoms with Gasteiger partial charge in [0, 0.05) is 11.9 Å². The molecule has 1 aromatic heterocycles. The Kier molecular flexibility index (Phi) is 2.56. The third kappa shape index (κ3) is 1.81. The van der Waals surface area contributed by atoms with Crippen molar-refractivity contribution in [2.24, 2.45) is 0 Å². The number of hydrogen-bond acceptors (Lipinski definition) is 2. The van der Waals surface area contributed by atoms with Crippen LogP contribution in [0, 0.1) is 6.20 Å². The van der Waals surface area contributed by atoms with Gasteiger partial charge in [0.05, 0.1) is 6.33 Å². The van der Waals surface area contributed by atoms with Gasteiger partial charge in [-0.25, -0.2) is 4.98 Å². The Balaban J connectivity index is 2.31. The third-order valence-electron chi connectivity index (χ3n) is 1.92. The number of nitrogens with zero attached hydrogens (tertiary/aromatic N) is 2. The Morgan fingerprint density at radius 3 is 2.57 bits per heavy atom. The molecule has 0 bridgehead atoms. The lowest BCUT2D eigenvalue weighted by atomic mass is 10.3. The quantitative estimate of drug-likeness (QED) is 0.695. The van der Waals surface area contributed by atoms with Crippen LogP contribution in [0.3, 0.4) is 0 Å². The fourth-order valence-electron chi connectivity index (χ4n) is 1.18. The van der Waals surface area contributed by atoms with Crippen LogP contribution < -0.4 is 0 Å². The first-order valence-corrected chi connectivity index (χ1v) is 5.67. The Morgan fingerprint density at radius 2 is 2.07 bits per heavy atom. The third-order valence-corrected chi connectivity index (χ3v) is 2.86. The van der Waals surface area contributed by atoms with E-state index in [1.807, 2.05) is 28.8 Å². The summed E-state index contributed by atoms with van der Waals surface area (Å²) in [6.45, 7) is 0. The number of rotatable bonds is 2. The van der Waals surface area contributed by atoms with Crippen LogP contribution in [0.5, 0.6) is 0 Å². The molecular formula is C10H9N2OS. The molecule has 0 amide bonds. The van der Waals surface area contributed by atoms with Crippen LogP contribution in [-0.4, -0.2) is 20.4 Å². The number of imidazole rings is 1. The maximum Gasteiger partial charge on any atom is 0.152 e. The maximum absolute atomic E-state index is 11.1. The fourth-order valence-corrected chi connectivity index (χ4v) is 1.69. The van der Waals surface area contributed by atoms with Crippen molar-refractivity contribution in [2.45, 2.75) is 4.90 Å². The van der Waals surface area contributed by atoms with Crippen molar-refractivity contribution in [3.8, 4) is 5.69 Å². The SMILES string of the molecule is C[S+]([O-])c1ccc(-n2c[c]nc2)cc1. The first-order valence-electron chi connectivity index (χ1n) is 4.11. The predicted molar refractivity (Wildman–Crippen MR) is 54.7 cm³/mol. The summed E-state index contributed by atoms with van der Waals surface area (Å²) in [7, 11) is 0. The lowest BCUT2D eigenvalue weighted by Gasteiger charge is -2.05. The summed E-state index contributed by atoms with van der Waals surface area (Å²) in [5.41, 5.74) is 0.993. The van der Waals surface area contributed by atoms with E-state index >= 15 is 0 Å². The number of aromatic nitrogens is 2. The lowest BCUT2D eigenvalue weighted by molar-refractivity contribution is 0.601. The monoisotopic (exact) mass is 205 g/mol. The molecule has 0 fully saturated rings. The Labute approximate surface area is 85.6 Å². The van der Waals surface area contributed by atoms with Crippen LogP contribution in [0.15, 0.2) is 41.7 Å². The average Bonchev–Trinajstić information content (AvgIpc) is 2.71. The van der Waals surface area contributed by atoms with E-state index in [0.717, 1.165) is 10.6 Å². The standard InChI is InChI=1S/C10H9N2OS/c1-14(13)10-4-2-9(3-5-10)12-7-6-11-8-12/h2-5,7-8H,1H3. The molecule has 3 nitrogen and oxygen atoms in total. The molecule has 0 spiro atoms. The molecule has 14 heavy (non-hydrogen) atoms. The van der Waals surface area contributed by atoms with Crippen molar-refractivity contribution < 1.29 is 4.55 Å². The van der Waals surface area contributed by atoms with E-state index in [1.165, 1.54) is 0 Å². The fraction of sp³-hybridized carbons (Fsp3) is 0.100. The van der Waals surface area contributed by atoms with Crippen molar-refractivity contribution in [1.82, 2.24) is 9.55 Å². The summed E-state index contributed by atoms with van der Waals surface area (Å²) in [6.07, 6.45) is 7.81. The highest BCUT2D eigenvalue weighted by Gasteiger charge is 2.03. The molecule has 2 aromatic rings. The number of benzene rings is 1. The van der Waals surface area contributed by atoms with Crippen molar-refractivity contribution in [1.29, 1.82) is 0 Å². The van der Waals surface area contributed by atoms with Gasteiger partial charge in [-0.3, -0.25) is 0 Å². The number of hydrogen-bond donors (Lipinski definition) is 0. The van der Waals surface area contributed by atoms with Crippen molar-refractivity contribution in [3.05, 3.63) is 43.0 Å². The first kappa shape index (κ1) is 9.30. The zero-order chi connectivity index (χ0) is 9.97. The van der Waals surface area contributed by atoms with Gasteiger partial charge in [-0.15, -0.1) is 0 Å². The molecule has 71 valence electrons. The molecule has 1 aromatic carbocycles. The van der Waals surface area contributed by atoms with Gasteiger partial charge in [0.15, 0.2) is 4.90 Å². The highest BCUT2D eigenvalue weighted by molar-refractivity contribution is 7.90. The highest BCUT2D eigenvalue weighted by Crippen LogP contribution is 2.12. The van der Waals surface area contributed by atoms with E-state index in [-0.39, 0.29) is 0 Å². The average molecular weight is 205 g/mol. The lowest BCUT2D eigenvalue weighted by Crippen LogP contribution is -1.97. The van der Waals surface area contributed by atoms with Gasteiger partial charge in [-0.05, 0) is 35.4 Å². The Hall–Kier alpha value is -1.26. The predicted octanol–water partition coefficient (Wildman–Crippen LogP) is 1.41. The van der Waals surface area contributed by atoms with Crippen LogP contribution in [0.4, 0.5) is 0 Å². The minimum atomic E-state index is -0.917. The van der Waals surface area contributed by atoms with Crippen molar-refractivity contribution >= 4 is 11.2 Å². The molecule has 0 N–H and O–H groups in total. The molecular weight excluding hydrogens is 196 g/mol.